The molecule has 0 unspecified atom stereocenters. The van der Waals surface area contributed by atoms with Gasteiger partial charge < -0.3 is 4.90 Å². The van der Waals surface area contributed by atoms with Gasteiger partial charge in [0.25, 0.3) is 0 Å². The van der Waals surface area contributed by atoms with Crippen LogP contribution >= 0.6 is 0 Å². The van der Waals surface area contributed by atoms with Gasteiger partial charge >= 0.3 is 0 Å². The molecule has 2 saturated heterocycles. The smallest absolute Gasteiger partial charge is 0.0181 e. The maximum absolute atomic E-state index is 2.81. The average Bonchev–Trinajstić information content (AvgIpc) is 2.37. The number of likely N-dealkylation sites (tertiary alicyclic amines) is 2. The summed E-state index contributed by atoms with van der Waals surface area (Å²) in [4.78, 5) is 5.31. The van der Waals surface area contributed by atoms with Gasteiger partial charge in [-0.2, -0.15) is 0 Å². The van der Waals surface area contributed by atoms with Crippen molar-refractivity contribution >= 4 is 0 Å². The summed E-state index contributed by atoms with van der Waals surface area (Å²) in [5.41, 5.74) is 1.17. The second kappa shape index (κ2) is 5.28. The predicted octanol–water partition coefficient (Wildman–Crippen LogP) is 3.62. The van der Waals surface area contributed by atoms with Crippen molar-refractivity contribution in [2.24, 2.45) is 17.3 Å². The highest BCUT2D eigenvalue weighted by Gasteiger charge is 2.52. The second-order valence-electron chi connectivity index (χ2n) is 8.73. The third kappa shape index (κ3) is 2.66. The van der Waals surface area contributed by atoms with Gasteiger partial charge in [-0.3, -0.25) is 4.90 Å². The fourth-order valence-electron chi connectivity index (χ4n) is 4.83. The van der Waals surface area contributed by atoms with E-state index in [9.17, 15) is 0 Å². The van der Waals surface area contributed by atoms with Crippen molar-refractivity contribution in [3.8, 4) is 0 Å². The van der Waals surface area contributed by atoms with Crippen LogP contribution in [0, 0.1) is 17.3 Å². The Hall–Kier alpha value is -0.0800. The minimum atomic E-state index is 0.439. The topological polar surface area (TPSA) is 6.48 Å². The van der Waals surface area contributed by atoms with E-state index >= 15 is 0 Å². The van der Waals surface area contributed by atoms with E-state index < -0.39 is 0 Å². The largest absolute Gasteiger partial charge is 0.306 e. The molecule has 0 N–H and O–H groups in total. The Kier molecular flexibility index (Phi) is 3.92. The lowest BCUT2D eigenvalue weighted by Crippen LogP contribution is -2.59. The summed E-state index contributed by atoms with van der Waals surface area (Å²) in [6.07, 6.45) is 8.72. The quantitative estimate of drug-likeness (QED) is 0.761. The summed E-state index contributed by atoms with van der Waals surface area (Å²) in [6, 6.07) is 0. The van der Waals surface area contributed by atoms with Gasteiger partial charge in [-0.1, -0.05) is 6.92 Å². The lowest BCUT2D eigenvalue weighted by Gasteiger charge is -2.59. The Labute approximate surface area is 125 Å². The first-order valence-electron chi connectivity index (χ1n) is 8.85. The molecule has 0 atom stereocenters. The molecule has 2 heteroatoms. The number of hydrogen-bond donors (Lipinski definition) is 0. The van der Waals surface area contributed by atoms with E-state index in [0.717, 1.165) is 17.3 Å². The molecule has 3 rings (SSSR count). The Morgan fingerprint density at radius 1 is 0.950 bits per heavy atom. The highest BCUT2D eigenvalue weighted by atomic mass is 15.2. The zero-order chi connectivity index (χ0) is 14.4. The molecule has 0 bridgehead atoms. The van der Waals surface area contributed by atoms with E-state index in [4.69, 9.17) is 0 Å². The summed E-state index contributed by atoms with van der Waals surface area (Å²) in [5, 5.41) is 0. The van der Waals surface area contributed by atoms with Gasteiger partial charge in [0.05, 0.1) is 0 Å². The Bertz CT molecular complexity index is 325. The summed E-state index contributed by atoms with van der Waals surface area (Å²) in [5.74, 6) is 1.89. The molecular formula is C18H34N2. The van der Waals surface area contributed by atoms with Crippen molar-refractivity contribution in [2.75, 3.05) is 33.2 Å². The number of rotatable bonds is 2. The lowest BCUT2D eigenvalue weighted by molar-refractivity contribution is -0.0863. The summed E-state index contributed by atoms with van der Waals surface area (Å²) >= 11 is 0. The first-order valence-corrected chi connectivity index (χ1v) is 8.85. The van der Waals surface area contributed by atoms with Crippen molar-refractivity contribution in [3.63, 3.8) is 0 Å². The first-order chi connectivity index (χ1) is 9.41. The van der Waals surface area contributed by atoms with Crippen LogP contribution < -0.4 is 0 Å². The molecule has 1 aliphatic carbocycles. The average molecular weight is 278 g/mol. The maximum Gasteiger partial charge on any atom is 0.0181 e. The van der Waals surface area contributed by atoms with E-state index in [0.29, 0.717) is 5.54 Å². The maximum atomic E-state index is 2.81. The van der Waals surface area contributed by atoms with Gasteiger partial charge in [0.1, 0.15) is 0 Å². The minimum Gasteiger partial charge on any atom is -0.306 e. The van der Waals surface area contributed by atoms with Crippen LogP contribution in [0.5, 0.6) is 0 Å². The molecule has 0 aromatic rings. The minimum absolute atomic E-state index is 0.439. The zero-order valence-corrected chi connectivity index (χ0v) is 14.1. The van der Waals surface area contributed by atoms with Gasteiger partial charge in [0, 0.05) is 5.54 Å². The number of nitrogens with zero attached hydrogens (tertiary/aromatic N) is 2. The van der Waals surface area contributed by atoms with Crippen LogP contribution in [0.4, 0.5) is 0 Å². The van der Waals surface area contributed by atoms with E-state index in [2.05, 4.69) is 37.6 Å². The van der Waals surface area contributed by atoms with Crippen LogP contribution in [-0.4, -0.2) is 48.6 Å². The molecule has 1 spiro atoms. The molecule has 3 aliphatic rings. The third-order valence-corrected chi connectivity index (χ3v) is 7.00. The fourth-order valence-corrected chi connectivity index (χ4v) is 4.83. The molecule has 0 aromatic carbocycles. The van der Waals surface area contributed by atoms with Gasteiger partial charge in [-0.15, -0.1) is 0 Å². The molecule has 2 heterocycles. The Morgan fingerprint density at radius 3 is 2.05 bits per heavy atom. The van der Waals surface area contributed by atoms with Crippen molar-refractivity contribution < 1.29 is 0 Å². The lowest BCUT2D eigenvalue weighted by atomic mass is 9.53. The number of hydrogen-bond acceptors (Lipinski definition) is 2. The molecule has 0 aromatic heterocycles. The number of piperidine rings is 2. The highest BCUT2D eigenvalue weighted by Crippen LogP contribution is 2.57. The van der Waals surface area contributed by atoms with Crippen LogP contribution in [0.25, 0.3) is 0 Å². The molecule has 116 valence electrons. The zero-order valence-electron chi connectivity index (χ0n) is 14.1. The monoisotopic (exact) mass is 278 g/mol. The normalized spacial score (nSPS) is 30.6. The SMILES string of the molecule is CC1CCN(C(C)(C)C2CC3(CCN(C)CC3)C2)CC1. The van der Waals surface area contributed by atoms with Crippen LogP contribution in [0.1, 0.15) is 59.3 Å². The standard InChI is InChI=1S/C18H34N2/c1-15-5-9-20(10-6-15)17(2,3)16-13-18(14-16)7-11-19(4)12-8-18/h15-16H,5-14H2,1-4H3. The van der Waals surface area contributed by atoms with Gasteiger partial charge in [0.2, 0.25) is 0 Å². The van der Waals surface area contributed by atoms with Gasteiger partial charge in [0.15, 0.2) is 0 Å². The summed E-state index contributed by atoms with van der Waals surface area (Å²) in [7, 11) is 2.28. The van der Waals surface area contributed by atoms with Crippen molar-refractivity contribution in [1.29, 1.82) is 0 Å². The van der Waals surface area contributed by atoms with Gasteiger partial charge in [-0.25, -0.2) is 0 Å². The van der Waals surface area contributed by atoms with Crippen molar-refractivity contribution in [2.45, 2.75) is 64.8 Å². The van der Waals surface area contributed by atoms with Crippen LogP contribution in [0.3, 0.4) is 0 Å². The summed E-state index contributed by atoms with van der Waals surface area (Å²) in [6.45, 7) is 12.8. The molecule has 2 aliphatic heterocycles. The van der Waals surface area contributed by atoms with Crippen LogP contribution in [0.2, 0.25) is 0 Å². The van der Waals surface area contributed by atoms with Crippen molar-refractivity contribution in [1.82, 2.24) is 9.80 Å². The predicted molar refractivity (Wildman–Crippen MR) is 85.9 cm³/mol. The molecule has 0 radical (unpaired) electrons. The van der Waals surface area contributed by atoms with E-state index in [-0.39, 0.29) is 0 Å². The van der Waals surface area contributed by atoms with Crippen molar-refractivity contribution in [3.05, 3.63) is 0 Å². The Morgan fingerprint density at radius 2 is 1.50 bits per heavy atom. The fraction of sp³-hybridized carbons (Fsp3) is 1.00. The third-order valence-electron chi connectivity index (χ3n) is 7.00. The Balaban J connectivity index is 1.55. The first kappa shape index (κ1) is 14.8. The molecule has 1 saturated carbocycles. The highest BCUT2D eigenvalue weighted by molar-refractivity contribution is 5.05. The second-order valence-corrected chi connectivity index (χ2v) is 8.73. The summed E-state index contributed by atoms with van der Waals surface area (Å²) < 4.78 is 0. The molecular weight excluding hydrogens is 244 g/mol. The molecule has 3 fully saturated rings. The molecule has 0 amide bonds. The van der Waals surface area contributed by atoms with Crippen LogP contribution in [0.15, 0.2) is 0 Å². The van der Waals surface area contributed by atoms with E-state index in [1.54, 1.807) is 0 Å². The van der Waals surface area contributed by atoms with E-state index in [1.807, 2.05) is 0 Å². The van der Waals surface area contributed by atoms with E-state index in [1.165, 1.54) is 64.7 Å². The molecule has 20 heavy (non-hydrogen) atoms. The van der Waals surface area contributed by atoms with Gasteiger partial charge in [-0.05, 0) is 103 Å². The van der Waals surface area contributed by atoms with Crippen LogP contribution in [-0.2, 0) is 0 Å². The molecule has 2 nitrogen and oxygen atoms in total.